The number of nitrogens with one attached hydrogen (secondary N) is 2. The molecule has 0 bridgehead atoms. The molecule has 1 atom stereocenters. The van der Waals surface area contributed by atoms with Crippen LogP contribution in [0.25, 0.3) is 0 Å². The van der Waals surface area contributed by atoms with E-state index in [1.54, 1.807) is 19.2 Å². The van der Waals surface area contributed by atoms with Gasteiger partial charge >= 0.3 is 0 Å². The van der Waals surface area contributed by atoms with Crippen molar-refractivity contribution in [3.05, 3.63) is 22.8 Å². The molecule has 5 nitrogen and oxygen atoms in total. The first kappa shape index (κ1) is 14.1. The Hall–Kier alpha value is -1.33. The number of amides is 1. The van der Waals surface area contributed by atoms with Gasteiger partial charge in [0.1, 0.15) is 11.0 Å². The minimum Gasteiger partial charge on any atom is -0.396 e. The second-order valence-corrected chi connectivity index (χ2v) is 5.13. The summed E-state index contributed by atoms with van der Waals surface area (Å²) in [5.41, 5.74) is 0.480. The molecule has 0 spiro atoms. The van der Waals surface area contributed by atoms with Crippen LogP contribution in [0.5, 0.6) is 0 Å². The van der Waals surface area contributed by atoms with Crippen molar-refractivity contribution in [2.24, 2.45) is 5.92 Å². The highest BCUT2D eigenvalue weighted by atomic mass is 35.5. The number of aliphatic hydroxyl groups is 1. The molecule has 2 rings (SSSR count). The van der Waals surface area contributed by atoms with E-state index in [4.69, 9.17) is 16.7 Å². The normalized spacial score (nSPS) is 15.9. The molecule has 1 aromatic rings. The Bertz CT molecular complexity index is 463. The Balaban J connectivity index is 2.07. The first-order valence-corrected chi connectivity index (χ1v) is 6.79. The third kappa shape index (κ3) is 3.81. The van der Waals surface area contributed by atoms with Crippen LogP contribution < -0.4 is 10.6 Å². The number of hydrogen-bond donors (Lipinski definition) is 3. The van der Waals surface area contributed by atoms with Crippen LogP contribution in [0.1, 0.15) is 29.6 Å². The van der Waals surface area contributed by atoms with E-state index in [0.29, 0.717) is 23.7 Å². The number of carbonyl (C=O) groups excluding carboxylic acids is 1. The van der Waals surface area contributed by atoms with Gasteiger partial charge in [-0.1, -0.05) is 11.6 Å². The minimum atomic E-state index is -0.175. The first-order chi connectivity index (χ1) is 9.13. The van der Waals surface area contributed by atoms with Crippen molar-refractivity contribution in [2.75, 3.05) is 19.0 Å². The van der Waals surface area contributed by atoms with Crippen LogP contribution in [0.4, 0.5) is 5.82 Å². The monoisotopic (exact) mass is 283 g/mol. The van der Waals surface area contributed by atoms with E-state index in [1.807, 2.05) is 0 Å². The third-order valence-corrected chi connectivity index (χ3v) is 3.45. The number of hydrogen-bond acceptors (Lipinski definition) is 4. The molecule has 1 saturated carbocycles. The second kappa shape index (κ2) is 6.21. The Labute approximate surface area is 117 Å². The van der Waals surface area contributed by atoms with Gasteiger partial charge in [-0.15, -0.1) is 0 Å². The van der Waals surface area contributed by atoms with E-state index < -0.39 is 0 Å². The molecule has 1 aliphatic carbocycles. The smallest absolute Gasteiger partial charge is 0.251 e. The van der Waals surface area contributed by atoms with Gasteiger partial charge in [-0.05, 0) is 37.3 Å². The lowest BCUT2D eigenvalue weighted by Crippen LogP contribution is -2.37. The van der Waals surface area contributed by atoms with Gasteiger partial charge in [-0.2, -0.15) is 0 Å². The molecule has 1 aliphatic rings. The van der Waals surface area contributed by atoms with Crippen molar-refractivity contribution in [1.29, 1.82) is 0 Å². The van der Waals surface area contributed by atoms with Crippen LogP contribution in [-0.4, -0.2) is 35.7 Å². The molecule has 1 heterocycles. The van der Waals surface area contributed by atoms with Crippen molar-refractivity contribution in [1.82, 2.24) is 10.3 Å². The number of anilines is 1. The number of aliphatic hydroxyl groups excluding tert-OH is 1. The van der Waals surface area contributed by atoms with Crippen molar-refractivity contribution in [3.63, 3.8) is 0 Å². The Morgan fingerprint density at radius 2 is 2.32 bits per heavy atom. The standard InChI is InChI=1S/C13H18ClN3O2/c1-15-12-7-9(6-11(14)17-12)13(19)16-10(4-5-18)8-2-3-8/h6-8,10,18H,2-5H2,1H3,(H,15,17)(H,16,19). The summed E-state index contributed by atoms with van der Waals surface area (Å²) in [5.74, 6) is 0.881. The van der Waals surface area contributed by atoms with E-state index in [-0.39, 0.29) is 23.7 Å². The molecule has 1 fully saturated rings. The highest BCUT2D eigenvalue weighted by Crippen LogP contribution is 2.34. The van der Waals surface area contributed by atoms with E-state index in [1.165, 1.54) is 0 Å². The van der Waals surface area contributed by atoms with Crippen molar-refractivity contribution < 1.29 is 9.90 Å². The minimum absolute atomic E-state index is 0.0440. The van der Waals surface area contributed by atoms with Gasteiger partial charge in [-0.25, -0.2) is 4.98 Å². The number of rotatable bonds is 6. The fourth-order valence-electron chi connectivity index (χ4n) is 2.07. The lowest BCUT2D eigenvalue weighted by Gasteiger charge is -2.17. The topological polar surface area (TPSA) is 74.2 Å². The zero-order valence-electron chi connectivity index (χ0n) is 10.8. The van der Waals surface area contributed by atoms with Gasteiger partial charge in [0.2, 0.25) is 0 Å². The molecule has 0 aliphatic heterocycles. The SMILES string of the molecule is CNc1cc(C(=O)NC(CCO)C2CC2)cc(Cl)n1. The summed E-state index contributed by atoms with van der Waals surface area (Å²) < 4.78 is 0. The van der Waals surface area contributed by atoms with Crippen LogP contribution in [-0.2, 0) is 0 Å². The van der Waals surface area contributed by atoms with Gasteiger partial charge in [0.15, 0.2) is 0 Å². The number of halogens is 1. The van der Waals surface area contributed by atoms with E-state index >= 15 is 0 Å². The Morgan fingerprint density at radius 1 is 1.58 bits per heavy atom. The fraction of sp³-hybridized carbons (Fsp3) is 0.538. The van der Waals surface area contributed by atoms with Crippen molar-refractivity contribution in [3.8, 4) is 0 Å². The summed E-state index contributed by atoms with van der Waals surface area (Å²) in [6.07, 6.45) is 2.82. The molecule has 19 heavy (non-hydrogen) atoms. The summed E-state index contributed by atoms with van der Waals surface area (Å²) in [5, 5.41) is 15.1. The van der Waals surface area contributed by atoms with E-state index in [0.717, 1.165) is 12.8 Å². The Kier molecular flexibility index (Phi) is 4.61. The molecule has 1 amide bonds. The Morgan fingerprint density at radius 3 is 2.89 bits per heavy atom. The molecular weight excluding hydrogens is 266 g/mol. The van der Waals surface area contributed by atoms with Gasteiger partial charge < -0.3 is 15.7 Å². The zero-order valence-corrected chi connectivity index (χ0v) is 11.6. The summed E-state index contributed by atoms with van der Waals surface area (Å²) in [6.45, 7) is 0.0836. The number of aromatic nitrogens is 1. The van der Waals surface area contributed by atoms with Crippen molar-refractivity contribution >= 4 is 23.3 Å². The maximum absolute atomic E-state index is 12.2. The highest BCUT2D eigenvalue weighted by Gasteiger charge is 2.32. The van der Waals surface area contributed by atoms with Gasteiger partial charge in [0.25, 0.3) is 5.91 Å². The van der Waals surface area contributed by atoms with Crippen LogP contribution in [0.3, 0.4) is 0 Å². The summed E-state index contributed by atoms with van der Waals surface area (Å²) in [6, 6.07) is 3.24. The van der Waals surface area contributed by atoms with E-state index in [9.17, 15) is 4.79 Å². The number of carbonyl (C=O) groups is 1. The molecular formula is C13H18ClN3O2. The highest BCUT2D eigenvalue weighted by molar-refractivity contribution is 6.29. The summed E-state index contributed by atoms with van der Waals surface area (Å²) in [7, 11) is 1.72. The summed E-state index contributed by atoms with van der Waals surface area (Å²) >= 11 is 5.87. The van der Waals surface area contributed by atoms with Crippen LogP contribution >= 0.6 is 11.6 Å². The average molecular weight is 284 g/mol. The third-order valence-electron chi connectivity index (χ3n) is 3.26. The predicted molar refractivity (Wildman–Crippen MR) is 74.5 cm³/mol. The molecule has 0 saturated heterocycles. The first-order valence-electron chi connectivity index (χ1n) is 6.41. The lowest BCUT2D eigenvalue weighted by atomic mass is 10.1. The molecule has 104 valence electrons. The molecule has 6 heteroatoms. The van der Waals surface area contributed by atoms with Crippen LogP contribution in [0, 0.1) is 5.92 Å². The van der Waals surface area contributed by atoms with Gasteiger partial charge in [0.05, 0.1) is 0 Å². The maximum Gasteiger partial charge on any atom is 0.251 e. The predicted octanol–water partition coefficient (Wildman–Crippen LogP) is 1.67. The molecule has 3 N–H and O–H groups in total. The molecule has 0 aromatic carbocycles. The average Bonchev–Trinajstić information content (AvgIpc) is 3.21. The largest absolute Gasteiger partial charge is 0.396 e. The van der Waals surface area contributed by atoms with Crippen LogP contribution in [0.15, 0.2) is 12.1 Å². The number of nitrogens with zero attached hydrogens (tertiary/aromatic N) is 1. The lowest BCUT2D eigenvalue weighted by molar-refractivity contribution is 0.0924. The fourth-order valence-corrected chi connectivity index (χ4v) is 2.28. The number of pyridine rings is 1. The molecule has 1 aromatic heterocycles. The van der Waals surface area contributed by atoms with E-state index in [2.05, 4.69) is 15.6 Å². The summed E-state index contributed by atoms with van der Waals surface area (Å²) in [4.78, 5) is 16.2. The molecule has 0 radical (unpaired) electrons. The van der Waals surface area contributed by atoms with Crippen LogP contribution in [0.2, 0.25) is 5.15 Å². The quantitative estimate of drug-likeness (QED) is 0.694. The maximum atomic E-state index is 12.2. The van der Waals surface area contributed by atoms with Crippen molar-refractivity contribution in [2.45, 2.75) is 25.3 Å². The van der Waals surface area contributed by atoms with Gasteiger partial charge in [-0.3, -0.25) is 4.79 Å². The zero-order chi connectivity index (χ0) is 13.8. The van der Waals surface area contributed by atoms with Gasteiger partial charge in [0, 0.05) is 25.3 Å². The molecule has 1 unspecified atom stereocenters. The second-order valence-electron chi connectivity index (χ2n) is 4.74.